The molecule has 1 saturated carbocycles. The SMILES string of the molecule is CC(C)(C)C(N)C(=O)N1C[C@H](O)C[C@H]1C(=O)NC1CC1(F)F. The second-order valence-corrected chi connectivity index (χ2v) is 7.27. The van der Waals surface area contributed by atoms with Gasteiger partial charge in [0.15, 0.2) is 0 Å². The molecule has 0 aromatic carbocycles. The molecule has 2 unspecified atom stereocenters. The largest absolute Gasteiger partial charge is 0.391 e. The lowest BCUT2D eigenvalue weighted by molar-refractivity contribution is -0.141. The van der Waals surface area contributed by atoms with Crippen LogP contribution in [-0.2, 0) is 9.59 Å². The monoisotopic (exact) mass is 319 g/mol. The van der Waals surface area contributed by atoms with Gasteiger partial charge in [0, 0.05) is 19.4 Å². The molecule has 2 amide bonds. The molecule has 22 heavy (non-hydrogen) atoms. The minimum Gasteiger partial charge on any atom is -0.391 e. The van der Waals surface area contributed by atoms with Crippen molar-refractivity contribution in [3.8, 4) is 0 Å². The predicted molar refractivity (Wildman–Crippen MR) is 75.0 cm³/mol. The third-order valence-electron chi connectivity index (χ3n) is 4.21. The molecule has 1 saturated heterocycles. The van der Waals surface area contributed by atoms with E-state index in [0.717, 1.165) is 0 Å². The lowest BCUT2D eigenvalue weighted by Gasteiger charge is -2.32. The molecule has 8 heteroatoms. The quantitative estimate of drug-likeness (QED) is 0.674. The second kappa shape index (κ2) is 5.42. The van der Waals surface area contributed by atoms with Crippen LogP contribution in [0.4, 0.5) is 8.78 Å². The molecule has 126 valence electrons. The number of hydrogen-bond acceptors (Lipinski definition) is 4. The summed E-state index contributed by atoms with van der Waals surface area (Å²) in [6, 6.07) is -2.96. The van der Waals surface area contributed by atoms with E-state index in [1.807, 2.05) is 0 Å². The van der Waals surface area contributed by atoms with Crippen LogP contribution in [0.15, 0.2) is 0 Å². The highest BCUT2D eigenvalue weighted by molar-refractivity contribution is 5.91. The molecule has 0 aromatic rings. The molecule has 1 aliphatic carbocycles. The Kier molecular flexibility index (Phi) is 4.20. The van der Waals surface area contributed by atoms with Crippen LogP contribution in [-0.4, -0.2) is 58.5 Å². The van der Waals surface area contributed by atoms with E-state index in [1.54, 1.807) is 20.8 Å². The molecule has 0 bridgehead atoms. The van der Waals surface area contributed by atoms with Gasteiger partial charge in [0.05, 0.1) is 18.2 Å². The van der Waals surface area contributed by atoms with Gasteiger partial charge in [-0.25, -0.2) is 8.78 Å². The number of nitrogens with zero attached hydrogens (tertiary/aromatic N) is 1. The Morgan fingerprint density at radius 2 is 1.95 bits per heavy atom. The maximum atomic E-state index is 12.9. The van der Waals surface area contributed by atoms with Gasteiger partial charge in [0.25, 0.3) is 5.92 Å². The van der Waals surface area contributed by atoms with Crippen molar-refractivity contribution < 1.29 is 23.5 Å². The number of alkyl halides is 2. The maximum Gasteiger partial charge on any atom is 0.270 e. The topological polar surface area (TPSA) is 95.7 Å². The van der Waals surface area contributed by atoms with Crippen LogP contribution in [0.25, 0.3) is 0 Å². The number of β-amino-alcohol motifs (C(OH)–C–C–N with tert-alkyl or cyclic N) is 1. The van der Waals surface area contributed by atoms with E-state index < -0.39 is 47.4 Å². The number of carbonyl (C=O) groups is 2. The van der Waals surface area contributed by atoms with Crippen molar-refractivity contribution in [1.82, 2.24) is 10.2 Å². The van der Waals surface area contributed by atoms with Crippen LogP contribution < -0.4 is 11.1 Å². The smallest absolute Gasteiger partial charge is 0.270 e. The first kappa shape index (κ1) is 17.1. The molecule has 4 N–H and O–H groups in total. The van der Waals surface area contributed by atoms with Gasteiger partial charge in [-0.05, 0) is 5.41 Å². The minimum atomic E-state index is -2.87. The maximum absolute atomic E-state index is 12.9. The first-order chi connectivity index (χ1) is 9.93. The summed E-state index contributed by atoms with van der Waals surface area (Å²) in [5, 5.41) is 12.0. The molecule has 2 rings (SSSR count). The van der Waals surface area contributed by atoms with E-state index in [0.29, 0.717) is 0 Å². The highest BCUT2D eigenvalue weighted by Gasteiger charge is 2.58. The predicted octanol–water partition coefficient (Wildman–Crippen LogP) is -0.155. The number of aliphatic hydroxyl groups is 1. The number of nitrogens with one attached hydrogen (secondary N) is 1. The van der Waals surface area contributed by atoms with E-state index in [4.69, 9.17) is 5.73 Å². The Balaban J connectivity index is 2.06. The second-order valence-electron chi connectivity index (χ2n) is 7.27. The number of nitrogens with two attached hydrogens (primary N) is 1. The van der Waals surface area contributed by atoms with E-state index in [-0.39, 0.29) is 19.4 Å². The Labute approximate surface area is 128 Å². The molecule has 0 aromatic heterocycles. The van der Waals surface area contributed by atoms with E-state index >= 15 is 0 Å². The van der Waals surface area contributed by atoms with Crippen LogP contribution in [0, 0.1) is 5.41 Å². The van der Waals surface area contributed by atoms with Crippen molar-refractivity contribution in [3.05, 3.63) is 0 Å². The minimum absolute atomic E-state index is 0.0121. The van der Waals surface area contributed by atoms with Crippen LogP contribution >= 0.6 is 0 Å². The normalized spacial score (nSPS) is 31.8. The lowest BCUT2D eigenvalue weighted by Crippen LogP contribution is -2.55. The molecule has 0 spiro atoms. The fraction of sp³-hybridized carbons (Fsp3) is 0.857. The Morgan fingerprint density at radius 1 is 1.41 bits per heavy atom. The van der Waals surface area contributed by atoms with Crippen molar-refractivity contribution in [2.75, 3.05) is 6.54 Å². The molecule has 4 atom stereocenters. The average Bonchev–Trinajstić information content (AvgIpc) is 2.81. The lowest BCUT2D eigenvalue weighted by atomic mass is 9.86. The van der Waals surface area contributed by atoms with E-state index in [9.17, 15) is 23.5 Å². The summed E-state index contributed by atoms with van der Waals surface area (Å²) in [6.07, 6.45) is -1.21. The fourth-order valence-corrected chi connectivity index (χ4v) is 2.49. The van der Waals surface area contributed by atoms with Gasteiger partial charge in [-0.15, -0.1) is 0 Å². The number of carbonyl (C=O) groups excluding carboxylic acids is 2. The number of hydrogen-bond donors (Lipinski definition) is 3. The van der Waals surface area contributed by atoms with Crippen molar-refractivity contribution in [1.29, 1.82) is 0 Å². The van der Waals surface area contributed by atoms with Crippen molar-refractivity contribution in [3.63, 3.8) is 0 Å². The first-order valence-electron chi connectivity index (χ1n) is 7.36. The number of amides is 2. The van der Waals surface area contributed by atoms with Crippen LogP contribution in [0.1, 0.15) is 33.6 Å². The number of likely N-dealkylation sites (tertiary alicyclic amines) is 1. The standard InChI is InChI=1S/C14H23F2N3O3/c1-13(2,3)10(17)12(22)19-6-7(20)4-8(19)11(21)18-9-5-14(9,15)16/h7-10,20H,4-6,17H2,1-3H3,(H,18,21)/t7-,8+,9?,10?/m1/s1. The van der Waals surface area contributed by atoms with Crippen LogP contribution in [0.2, 0.25) is 0 Å². The summed E-state index contributed by atoms with van der Waals surface area (Å²) in [4.78, 5) is 25.8. The summed E-state index contributed by atoms with van der Waals surface area (Å²) in [6.45, 7) is 5.37. The number of halogens is 2. The van der Waals surface area contributed by atoms with Gasteiger partial charge in [-0.3, -0.25) is 9.59 Å². The molecule has 0 radical (unpaired) electrons. The number of aliphatic hydroxyl groups excluding tert-OH is 1. The fourth-order valence-electron chi connectivity index (χ4n) is 2.49. The molecule has 6 nitrogen and oxygen atoms in total. The van der Waals surface area contributed by atoms with E-state index in [1.165, 1.54) is 4.90 Å². The van der Waals surface area contributed by atoms with Gasteiger partial charge in [0.1, 0.15) is 6.04 Å². The van der Waals surface area contributed by atoms with Crippen molar-refractivity contribution >= 4 is 11.8 Å². The molecular formula is C14H23F2N3O3. The van der Waals surface area contributed by atoms with E-state index in [2.05, 4.69) is 5.32 Å². The van der Waals surface area contributed by atoms with Gasteiger partial charge >= 0.3 is 0 Å². The highest BCUT2D eigenvalue weighted by atomic mass is 19.3. The van der Waals surface area contributed by atoms with Crippen molar-refractivity contribution in [2.24, 2.45) is 11.1 Å². The first-order valence-corrected chi connectivity index (χ1v) is 7.36. The third kappa shape index (κ3) is 3.38. The van der Waals surface area contributed by atoms with Gasteiger partial charge in [-0.1, -0.05) is 20.8 Å². The van der Waals surface area contributed by atoms with Gasteiger partial charge < -0.3 is 21.1 Å². The summed E-state index contributed by atoms with van der Waals surface area (Å²) in [5.41, 5.74) is 5.41. The molecule has 2 fully saturated rings. The number of rotatable bonds is 3. The Hall–Kier alpha value is -1.28. The van der Waals surface area contributed by atoms with Crippen LogP contribution in [0.5, 0.6) is 0 Å². The zero-order chi connectivity index (χ0) is 16.9. The molecule has 2 aliphatic rings. The third-order valence-corrected chi connectivity index (χ3v) is 4.21. The summed E-state index contributed by atoms with van der Waals surface area (Å²) in [5.74, 6) is -3.98. The zero-order valence-electron chi connectivity index (χ0n) is 13.0. The average molecular weight is 319 g/mol. The van der Waals surface area contributed by atoms with Crippen LogP contribution in [0.3, 0.4) is 0 Å². The summed E-state index contributed by atoms with van der Waals surface area (Å²) >= 11 is 0. The Bertz CT molecular complexity index is 478. The van der Waals surface area contributed by atoms with Gasteiger partial charge in [-0.2, -0.15) is 0 Å². The Morgan fingerprint density at radius 3 is 2.41 bits per heavy atom. The summed E-state index contributed by atoms with van der Waals surface area (Å²) < 4.78 is 25.8. The summed E-state index contributed by atoms with van der Waals surface area (Å²) in [7, 11) is 0. The highest BCUT2D eigenvalue weighted by Crippen LogP contribution is 2.41. The molecule has 1 aliphatic heterocycles. The van der Waals surface area contributed by atoms with Crippen molar-refractivity contribution in [2.45, 2.75) is 63.8 Å². The zero-order valence-corrected chi connectivity index (χ0v) is 13.0. The van der Waals surface area contributed by atoms with Gasteiger partial charge in [0.2, 0.25) is 11.8 Å². The molecular weight excluding hydrogens is 296 g/mol. The molecule has 1 heterocycles.